The molecule has 1 N–H and O–H groups in total. The quantitative estimate of drug-likeness (QED) is 0.875. The van der Waals surface area contributed by atoms with Gasteiger partial charge in [0.05, 0.1) is 10.6 Å². The van der Waals surface area contributed by atoms with Crippen LogP contribution >= 0.6 is 11.6 Å². The van der Waals surface area contributed by atoms with Crippen LogP contribution in [0.4, 0.5) is 5.69 Å². The van der Waals surface area contributed by atoms with Crippen molar-refractivity contribution in [2.45, 2.75) is 31.7 Å². The zero-order chi connectivity index (χ0) is 18.1. The first kappa shape index (κ1) is 18.3. The third-order valence-corrected chi connectivity index (χ3v) is 5.88. The van der Waals surface area contributed by atoms with Crippen molar-refractivity contribution >= 4 is 33.3 Å². The van der Waals surface area contributed by atoms with Gasteiger partial charge in [-0.05, 0) is 56.2 Å². The Hall–Kier alpha value is -2.05. The maximum absolute atomic E-state index is 13.1. The highest BCUT2D eigenvalue weighted by Crippen LogP contribution is 2.32. The molecule has 0 aliphatic rings. The van der Waals surface area contributed by atoms with Gasteiger partial charge in [-0.1, -0.05) is 29.8 Å². The van der Waals surface area contributed by atoms with Gasteiger partial charge in [-0.25, -0.2) is 13.2 Å². The summed E-state index contributed by atoms with van der Waals surface area (Å²) in [6.07, 6.45) is 0. The number of hydrogen-bond donors (Lipinski definition) is 1. The van der Waals surface area contributed by atoms with Crippen LogP contribution in [0.25, 0.3) is 0 Å². The van der Waals surface area contributed by atoms with Crippen molar-refractivity contribution in [2.75, 3.05) is 4.31 Å². The molecule has 128 valence electrons. The van der Waals surface area contributed by atoms with Gasteiger partial charge in [-0.3, -0.25) is 4.31 Å². The lowest BCUT2D eigenvalue weighted by molar-refractivity contribution is -0.137. The molecule has 24 heavy (non-hydrogen) atoms. The maximum atomic E-state index is 13.1. The number of para-hydroxylation sites is 1. The Morgan fingerprint density at radius 1 is 1.08 bits per heavy atom. The average molecular weight is 368 g/mol. The summed E-state index contributed by atoms with van der Waals surface area (Å²) in [5.41, 5.74) is 1.74. The van der Waals surface area contributed by atoms with Crippen molar-refractivity contribution in [2.24, 2.45) is 0 Å². The van der Waals surface area contributed by atoms with Crippen LogP contribution in [-0.4, -0.2) is 25.5 Å². The number of carbonyl (C=O) groups is 1. The number of anilines is 1. The van der Waals surface area contributed by atoms with Crippen molar-refractivity contribution < 1.29 is 18.3 Å². The lowest BCUT2D eigenvalue weighted by Gasteiger charge is -2.30. The van der Waals surface area contributed by atoms with Gasteiger partial charge >= 0.3 is 5.97 Å². The van der Waals surface area contributed by atoms with E-state index in [1.807, 2.05) is 0 Å². The Labute approximate surface area is 146 Å². The molecule has 0 aliphatic heterocycles. The van der Waals surface area contributed by atoms with Crippen molar-refractivity contribution in [1.82, 2.24) is 0 Å². The lowest BCUT2D eigenvalue weighted by atomic mass is 10.1. The van der Waals surface area contributed by atoms with Gasteiger partial charge in [0.25, 0.3) is 10.0 Å². The van der Waals surface area contributed by atoms with Crippen LogP contribution in [0.5, 0.6) is 0 Å². The minimum atomic E-state index is -4.07. The standard InChI is InChI=1S/C17H18ClNO4S/c1-11-5-4-6-12(2)16(11)19(13(3)17(20)21)24(22,23)15-9-7-14(18)8-10-15/h4-10,13H,1-3H3,(H,20,21). The molecule has 0 saturated carbocycles. The van der Waals surface area contributed by atoms with Crippen molar-refractivity contribution in [3.63, 3.8) is 0 Å². The predicted octanol–water partition coefficient (Wildman–Crippen LogP) is 3.63. The van der Waals surface area contributed by atoms with Crippen LogP contribution in [0.1, 0.15) is 18.1 Å². The third kappa shape index (κ3) is 3.39. The summed E-state index contributed by atoms with van der Waals surface area (Å²) < 4.78 is 27.2. The Balaban J connectivity index is 2.71. The summed E-state index contributed by atoms with van der Waals surface area (Å²) in [5.74, 6) is -1.23. The molecule has 0 fully saturated rings. The SMILES string of the molecule is Cc1cccc(C)c1N(C(C)C(=O)O)S(=O)(=O)c1ccc(Cl)cc1. The molecular weight excluding hydrogens is 350 g/mol. The van der Waals surface area contributed by atoms with Gasteiger partial charge in [0.1, 0.15) is 6.04 Å². The molecule has 2 rings (SSSR count). The Bertz CT molecular complexity index is 842. The number of halogens is 1. The number of hydrogen-bond acceptors (Lipinski definition) is 3. The fraction of sp³-hybridized carbons (Fsp3) is 0.235. The minimum absolute atomic E-state index is 0.0114. The number of sulfonamides is 1. The van der Waals surface area contributed by atoms with Gasteiger partial charge in [-0.15, -0.1) is 0 Å². The number of aliphatic carboxylic acids is 1. The van der Waals surface area contributed by atoms with Crippen LogP contribution in [0.15, 0.2) is 47.4 Å². The summed E-state index contributed by atoms with van der Waals surface area (Å²) in [7, 11) is -4.07. The molecule has 7 heteroatoms. The summed E-state index contributed by atoms with van der Waals surface area (Å²) in [5, 5.41) is 9.82. The number of aryl methyl sites for hydroxylation is 2. The molecule has 1 unspecified atom stereocenters. The van der Waals surface area contributed by atoms with Crippen LogP contribution in [0.2, 0.25) is 5.02 Å². The number of rotatable bonds is 5. The Kier molecular flexibility index (Phi) is 5.20. The molecule has 0 spiro atoms. The molecule has 2 aromatic rings. The zero-order valence-electron chi connectivity index (χ0n) is 13.5. The van der Waals surface area contributed by atoms with E-state index in [1.165, 1.54) is 31.2 Å². The number of benzene rings is 2. The first-order valence-corrected chi connectivity index (χ1v) is 9.07. The fourth-order valence-corrected chi connectivity index (χ4v) is 4.36. The van der Waals surface area contributed by atoms with Gasteiger partial charge in [0.15, 0.2) is 0 Å². The van der Waals surface area contributed by atoms with Crippen LogP contribution in [0, 0.1) is 13.8 Å². The van der Waals surface area contributed by atoms with Gasteiger partial charge in [0, 0.05) is 5.02 Å². The van der Waals surface area contributed by atoms with Crippen LogP contribution < -0.4 is 4.31 Å². The monoisotopic (exact) mass is 367 g/mol. The molecule has 0 saturated heterocycles. The molecule has 0 bridgehead atoms. The van der Waals surface area contributed by atoms with Gasteiger partial charge < -0.3 is 5.11 Å². The first-order chi connectivity index (χ1) is 11.2. The van der Waals surface area contributed by atoms with Crippen LogP contribution in [-0.2, 0) is 14.8 Å². The van der Waals surface area contributed by atoms with Crippen molar-refractivity contribution in [3.05, 3.63) is 58.6 Å². The second kappa shape index (κ2) is 6.83. The molecule has 0 radical (unpaired) electrons. The highest BCUT2D eigenvalue weighted by Gasteiger charge is 2.34. The third-order valence-electron chi connectivity index (χ3n) is 3.74. The van der Waals surface area contributed by atoms with E-state index >= 15 is 0 Å². The maximum Gasteiger partial charge on any atom is 0.327 e. The first-order valence-electron chi connectivity index (χ1n) is 7.25. The lowest BCUT2D eigenvalue weighted by Crippen LogP contribution is -2.44. The zero-order valence-corrected chi connectivity index (χ0v) is 15.1. The van der Waals surface area contributed by atoms with Crippen molar-refractivity contribution in [1.29, 1.82) is 0 Å². The molecular formula is C17H18ClNO4S. The van der Waals surface area contributed by atoms with E-state index < -0.39 is 22.0 Å². The highest BCUT2D eigenvalue weighted by atomic mass is 35.5. The summed E-state index contributed by atoms with van der Waals surface area (Å²) in [6, 6.07) is 9.70. The molecule has 0 aromatic heterocycles. The van der Waals surface area contributed by atoms with E-state index in [1.54, 1.807) is 32.0 Å². The molecule has 5 nitrogen and oxygen atoms in total. The normalized spacial score (nSPS) is 12.7. The second-order valence-electron chi connectivity index (χ2n) is 5.51. The number of nitrogens with zero attached hydrogens (tertiary/aromatic N) is 1. The van der Waals surface area contributed by atoms with Crippen LogP contribution in [0.3, 0.4) is 0 Å². The average Bonchev–Trinajstić information content (AvgIpc) is 2.50. The van der Waals surface area contributed by atoms with E-state index in [0.717, 1.165) is 4.31 Å². The molecule has 2 aromatic carbocycles. The minimum Gasteiger partial charge on any atom is -0.480 e. The second-order valence-corrected chi connectivity index (χ2v) is 7.76. The molecule has 0 heterocycles. The van der Waals surface area contributed by atoms with Crippen molar-refractivity contribution in [3.8, 4) is 0 Å². The van der Waals surface area contributed by atoms with E-state index in [4.69, 9.17) is 11.6 Å². The number of carboxylic acid groups (broad SMARTS) is 1. The van der Waals surface area contributed by atoms with E-state index in [9.17, 15) is 18.3 Å². The van der Waals surface area contributed by atoms with Gasteiger partial charge in [-0.2, -0.15) is 0 Å². The Morgan fingerprint density at radius 2 is 1.58 bits per heavy atom. The number of carboxylic acids is 1. The molecule has 0 amide bonds. The molecule has 0 aliphatic carbocycles. The predicted molar refractivity (Wildman–Crippen MR) is 94.1 cm³/mol. The van der Waals surface area contributed by atoms with E-state index in [2.05, 4.69) is 0 Å². The fourth-order valence-electron chi connectivity index (χ4n) is 2.50. The summed E-state index contributed by atoms with van der Waals surface area (Å²) in [4.78, 5) is 11.5. The smallest absolute Gasteiger partial charge is 0.327 e. The topological polar surface area (TPSA) is 74.7 Å². The molecule has 1 atom stereocenters. The van der Waals surface area contributed by atoms with E-state index in [-0.39, 0.29) is 4.90 Å². The largest absolute Gasteiger partial charge is 0.480 e. The summed E-state index contributed by atoms with van der Waals surface area (Å²) >= 11 is 5.82. The van der Waals surface area contributed by atoms with E-state index in [0.29, 0.717) is 21.8 Å². The summed E-state index contributed by atoms with van der Waals surface area (Å²) in [6.45, 7) is 4.85. The van der Waals surface area contributed by atoms with Gasteiger partial charge in [0.2, 0.25) is 0 Å². The highest BCUT2D eigenvalue weighted by molar-refractivity contribution is 7.93. The Morgan fingerprint density at radius 3 is 2.04 bits per heavy atom.